The summed E-state index contributed by atoms with van der Waals surface area (Å²) in [5, 5.41) is 2.55. The van der Waals surface area contributed by atoms with Crippen molar-refractivity contribution in [3.05, 3.63) is 60.3 Å². The fourth-order valence-corrected chi connectivity index (χ4v) is 6.43. The second-order valence-electron chi connectivity index (χ2n) is 6.70. The van der Waals surface area contributed by atoms with E-state index in [1.54, 1.807) is 0 Å². The number of hydrogen-bond acceptors (Lipinski definition) is 1. The molecule has 3 rings (SSSR count). The Hall–Kier alpha value is -1.61. The Bertz CT molecular complexity index is 800. The summed E-state index contributed by atoms with van der Waals surface area (Å²) in [6, 6.07) is 17.3. The van der Waals surface area contributed by atoms with Crippen molar-refractivity contribution in [2.75, 3.05) is 0 Å². The van der Waals surface area contributed by atoms with Crippen molar-refractivity contribution in [3.8, 4) is 11.3 Å². The second kappa shape index (κ2) is 5.30. The molecule has 2 aromatic carbocycles. The monoisotopic (exact) mass is 337 g/mol. The fourth-order valence-electron chi connectivity index (χ4n) is 2.85. The molecule has 0 fully saturated rings. The van der Waals surface area contributed by atoms with E-state index < -0.39 is 13.3 Å². The van der Waals surface area contributed by atoms with Gasteiger partial charge >= 0.3 is 129 Å². The predicted molar refractivity (Wildman–Crippen MR) is 94.9 cm³/mol. The van der Waals surface area contributed by atoms with Crippen molar-refractivity contribution in [2.24, 2.45) is 0 Å². The van der Waals surface area contributed by atoms with Crippen LogP contribution in [0.3, 0.4) is 0 Å². The molecule has 0 saturated heterocycles. The molecule has 1 nitrogen and oxygen atoms in total. The average Bonchev–Trinajstić information content (AvgIpc) is 2.45. The van der Waals surface area contributed by atoms with Crippen molar-refractivity contribution < 1.29 is 0 Å². The SMILES string of the molecule is Cc1cc(-c2ccc3ccccc3c2)nc[c]1[Ge]([CH3])([CH3])[CH3]. The van der Waals surface area contributed by atoms with Gasteiger partial charge in [0.25, 0.3) is 0 Å². The molecular weight excluding hydrogens is 315 g/mol. The van der Waals surface area contributed by atoms with E-state index in [-0.39, 0.29) is 0 Å². The van der Waals surface area contributed by atoms with Gasteiger partial charge in [-0.3, -0.25) is 0 Å². The molecule has 0 spiro atoms. The molecule has 2 heteroatoms. The van der Waals surface area contributed by atoms with Gasteiger partial charge in [-0.05, 0) is 0 Å². The Balaban J connectivity index is 2.08. The van der Waals surface area contributed by atoms with Crippen LogP contribution >= 0.6 is 0 Å². The minimum atomic E-state index is -1.81. The molecule has 0 N–H and O–H groups in total. The van der Waals surface area contributed by atoms with Crippen molar-refractivity contribution in [1.82, 2.24) is 4.98 Å². The van der Waals surface area contributed by atoms with E-state index in [9.17, 15) is 0 Å². The van der Waals surface area contributed by atoms with E-state index in [0.717, 1.165) is 5.69 Å². The number of fused-ring (bicyclic) bond motifs is 1. The normalized spacial score (nSPS) is 11.8. The van der Waals surface area contributed by atoms with Gasteiger partial charge in [-0.15, -0.1) is 0 Å². The van der Waals surface area contributed by atoms with Crippen LogP contribution in [0.1, 0.15) is 5.56 Å². The van der Waals surface area contributed by atoms with Crippen LogP contribution < -0.4 is 4.40 Å². The first kappa shape index (κ1) is 14.3. The summed E-state index contributed by atoms with van der Waals surface area (Å²) in [6.07, 6.45) is 2.11. The maximum absolute atomic E-state index is 4.73. The van der Waals surface area contributed by atoms with Crippen LogP contribution in [0.4, 0.5) is 0 Å². The van der Waals surface area contributed by atoms with Gasteiger partial charge in [-0.25, -0.2) is 0 Å². The molecule has 3 aromatic rings. The summed E-state index contributed by atoms with van der Waals surface area (Å²) < 4.78 is 1.50. The van der Waals surface area contributed by atoms with E-state index in [1.165, 1.54) is 26.3 Å². The van der Waals surface area contributed by atoms with Crippen LogP contribution in [0.5, 0.6) is 0 Å². The van der Waals surface area contributed by atoms with Gasteiger partial charge in [-0.1, -0.05) is 0 Å². The Morgan fingerprint density at radius 3 is 2.24 bits per heavy atom. The van der Waals surface area contributed by atoms with Gasteiger partial charge in [0, 0.05) is 0 Å². The summed E-state index contributed by atoms with van der Waals surface area (Å²) in [5.41, 5.74) is 3.67. The molecule has 0 bridgehead atoms. The zero-order valence-corrected chi connectivity index (χ0v) is 15.2. The zero-order valence-electron chi connectivity index (χ0n) is 13.1. The summed E-state index contributed by atoms with van der Waals surface area (Å²) in [6.45, 7) is 2.22. The Morgan fingerprint density at radius 1 is 0.857 bits per heavy atom. The summed E-state index contributed by atoms with van der Waals surface area (Å²) in [5.74, 6) is 7.25. The van der Waals surface area contributed by atoms with Crippen molar-refractivity contribution in [3.63, 3.8) is 0 Å². The fraction of sp³-hybridized carbons (Fsp3) is 0.211. The second-order valence-corrected chi connectivity index (χ2v) is 17.3. The van der Waals surface area contributed by atoms with Crippen molar-refractivity contribution >= 4 is 28.4 Å². The summed E-state index contributed by atoms with van der Waals surface area (Å²) in [7, 11) is 0. The molecule has 0 atom stereocenters. The molecule has 1 heterocycles. The van der Waals surface area contributed by atoms with Crippen molar-refractivity contribution in [2.45, 2.75) is 24.2 Å². The van der Waals surface area contributed by atoms with E-state index in [0.29, 0.717) is 0 Å². The van der Waals surface area contributed by atoms with Crippen molar-refractivity contribution in [1.29, 1.82) is 0 Å². The Morgan fingerprint density at radius 2 is 1.57 bits per heavy atom. The first-order valence-corrected chi connectivity index (χ1v) is 14.8. The number of nitrogens with zero attached hydrogens (tertiary/aromatic N) is 1. The number of rotatable bonds is 2. The molecule has 0 aliphatic rings. The number of pyridine rings is 1. The van der Waals surface area contributed by atoms with Gasteiger partial charge < -0.3 is 0 Å². The molecule has 21 heavy (non-hydrogen) atoms. The topological polar surface area (TPSA) is 12.9 Å². The first-order chi connectivity index (χ1) is 9.95. The molecule has 0 unspecified atom stereocenters. The van der Waals surface area contributed by atoms with Gasteiger partial charge in [0.05, 0.1) is 0 Å². The van der Waals surface area contributed by atoms with Crippen LogP contribution in [-0.2, 0) is 0 Å². The van der Waals surface area contributed by atoms with E-state index in [4.69, 9.17) is 4.98 Å². The van der Waals surface area contributed by atoms with Crippen LogP contribution in [0.25, 0.3) is 22.0 Å². The molecule has 0 amide bonds. The minimum absolute atomic E-state index is 1.08. The van der Waals surface area contributed by atoms with Crippen LogP contribution in [0, 0.1) is 6.92 Å². The third kappa shape index (κ3) is 2.88. The molecule has 0 saturated carbocycles. The van der Waals surface area contributed by atoms with Crippen LogP contribution in [0.2, 0.25) is 17.3 Å². The number of benzene rings is 2. The quantitative estimate of drug-likeness (QED) is 0.615. The predicted octanol–water partition coefficient (Wildman–Crippen LogP) is 4.76. The zero-order chi connectivity index (χ0) is 15.0. The summed E-state index contributed by atoms with van der Waals surface area (Å²) in [4.78, 5) is 4.73. The number of aryl methyl sites for hydroxylation is 1. The maximum atomic E-state index is 4.73. The van der Waals surface area contributed by atoms with Gasteiger partial charge in [-0.2, -0.15) is 0 Å². The first-order valence-electron chi connectivity index (χ1n) is 7.41. The molecule has 0 aliphatic heterocycles. The third-order valence-corrected chi connectivity index (χ3v) is 8.45. The molecule has 106 valence electrons. The summed E-state index contributed by atoms with van der Waals surface area (Å²) >= 11 is -1.81. The molecular formula is C19H21GeN. The van der Waals surface area contributed by atoms with E-state index in [1.807, 2.05) is 0 Å². The van der Waals surface area contributed by atoms with Crippen LogP contribution in [0.15, 0.2) is 54.7 Å². The van der Waals surface area contributed by atoms with E-state index in [2.05, 4.69) is 78.9 Å². The molecule has 0 radical (unpaired) electrons. The van der Waals surface area contributed by atoms with Gasteiger partial charge in [0.2, 0.25) is 0 Å². The standard InChI is InChI=1S/C19H21GeN/c1-14-11-19(21-13-18(14)20(2,3)4)17-10-9-15-7-5-6-8-16(15)12-17/h5-13H,1-4H3. The van der Waals surface area contributed by atoms with E-state index >= 15 is 0 Å². The average molecular weight is 336 g/mol. The van der Waals surface area contributed by atoms with Gasteiger partial charge in [0.1, 0.15) is 0 Å². The number of hydrogen-bond donors (Lipinski definition) is 0. The van der Waals surface area contributed by atoms with Gasteiger partial charge in [0.15, 0.2) is 0 Å². The Kier molecular flexibility index (Phi) is 3.62. The van der Waals surface area contributed by atoms with Crippen LogP contribution in [-0.4, -0.2) is 18.3 Å². The number of aromatic nitrogens is 1. The molecule has 0 aliphatic carbocycles. The Labute approximate surface area is 129 Å². The molecule has 1 aromatic heterocycles. The third-order valence-electron chi connectivity index (χ3n) is 3.96.